The first-order valence-corrected chi connectivity index (χ1v) is 9.18. The molecule has 0 saturated heterocycles. The molecule has 2 nitrogen and oxygen atoms in total. The maximum atomic E-state index is 4.34. The van der Waals surface area contributed by atoms with Crippen molar-refractivity contribution in [2.45, 2.75) is 19.6 Å². The fourth-order valence-electron chi connectivity index (χ4n) is 1.38. The van der Waals surface area contributed by atoms with Gasteiger partial charge in [0.1, 0.15) is 19.6 Å². The Morgan fingerprint density at radius 2 is 1.82 bits per heavy atom. The van der Waals surface area contributed by atoms with E-state index in [0.29, 0.717) is 0 Å². The lowest BCUT2D eigenvalue weighted by atomic mass is 10.2. The van der Waals surface area contributed by atoms with Crippen molar-refractivity contribution >= 4 is 8.07 Å². The molecule has 0 spiro atoms. The van der Waals surface area contributed by atoms with Crippen LogP contribution < -0.4 is 0 Å². The van der Waals surface area contributed by atoms with E-state index in [0.717, 1.165) is 17.1 Å². The second-order valence-corrected chi connectivity index (χ2v) is 9.76. The summed E-state index contributed by atoms with van der Waals surface area (Å²) in [5, 5.41) is 0. The van der Waals surface area contributed by atoms with E-state index >= 15 is 0 Å². The van der Waals surface area contributed by atoms with Gasteiger partial charge in [-0.3, -0.25) is 0 Å². The number of nitrogens with one attached hydrogen (secondary N) is 1. The van der Waals surface area contributed by atoms with E-state index in [1.165, 1.54) is 0 Å². The van der Waals surface area contributed by atoms with E-state index in [1.54, 1.807) is 6.20 Å². The lowest BCUT2D eigenvalue weighted by Crippen LogP contribution is -2.16. The third kappa shape index (κ3) is 3.33. The first kappa shape index (κ1) is 11.7. The maximum absolute atomic E-state index is 4.34. The molecule has 0 atom stereocenters. The van der Waals surface area contributed by atoms with Gasteiger partial charge in [0.25, 0.3) is 0 Å². The zero-order valence-electron chi connectivity index (χ0n) is 10.4. The Hall–Kier alpha value is -1.79. The molecule has 1 aromatic heterocycles. The first-order valence-electron chi connectivity index (χ1n) is 5.68. The third-order valence-electron chi connectivity index (χ3n) is 2.20. The van der Waals surface area contributed by atoms with E-state index in [-0.39, 0.29) is 0 Å². The molecule has 0 saturated carbocycles. The summed E-state index contributed by atoms with van der Waals surface area (Å²) in [5.74, 6) is 4.05. The van der Waals surface area contributed by atoms with E-state index < -0.39 is 8.07 Å². The molecule has 0 fully saturated rings. The van der Waals surface area contributed by atoms with Gasteiger partial charge < -0.3 is 4.98 Å². The monoisotopic (exact) mass is 240 g/mol. The van der Waals surface area contributed by atoms with Crippen LogP contribution in [0, 0.1) is 11.5 Å². The molecule has 0 aliphatic heterocycles. The van der Waals surface area contributed by atoms with Crippen LogP contribution in [-0.4, -0.2) is 18.0 Å². The van der Waals surface area contributed by atoms with E-state index in [2.05, 4.69) is 41.1 Å². The Morgan fingerprint density at radius 1 is 1.12 bits per heavy atom. The number of rotatable bonds is 1. The molecule has 0 amide bonds. The minimum Gasteiger partial charge on any atom is -0.332 e. The Bertz CT molecular complexity index is 553. The predicted octanol–water partition coefficient (Wildman–Crippen LogP) is 3.31. The van der Waals surface area contributed by atoms with Crippen molar-refractivity contribution in [1.29, 1.82) is 0 Å². The van der Waals surface area contributed by atoms with Crippen molar-refractivity contribution in [2.75, 3.05) is 0 Å². The zero-order chi connectivity index (χ0) is 12.3. The Labute approximate surface area is 103 Å². The molecule has 0 unspecified atom stereocenters. The molecular formula is C14H16N2Si. The van der Waals surface area contributed by atoms with Gasteiger partial charge in [-0.05, 0) is 0 Å². The predicted molar refractivity (Wildman–Crippen MR) is 74.2 cm³/mol. The van der Waals surface area contributed by atoms with Gasteiger partial charge in [-0.15, -0.1) is 5.54 Å². The van der Waals surface area contributed by atoms with Crippen LogP contribution in [0.4, 0.5) is 0 Å². The Morgan fingerprint density at radius 3 is 2.47 bits per heavy atom. The summed E-state index contributed by atoms with van der Waals surface area (Å²) in [6.45, 7) is 6.69. The van der Waals surface area contributed by atoms with E-state index in [9.17, 15) is 0 Å². The molecule has 1 aromatic carbocycles. The van der Waals surface area contributed by atoms with Gasteiger partial charge in [-0.25, -0.2) is 4.98 Å². The van der Waals surface area contributed by atoms with Crippen molar-refractivity contribution in [3.63, 3.8) is 0 Å². The first-order chi connectivity index (χ1) is 8.04. The van der Waals surface area contributed by atoms with Crippen LogP contribution in [0.25, 0.3) is 11.4 Å². The molecule has 86 valence electrons. The van der Waals surface area contributed by atoms with Gasteiger partial charge in [0.15, 0.2) is 0 Å². The van der Waals surface area contributed by atoms with Gasteiger partial charge in [0.05, 0.1) is 6.20 Å². The molecule has 0 aliphatic carbocycles. The summed E-state index contributed by atoms with van der Waals surface area (Å²) in [5.41, 5.74) is 5.31. The number of benzene rings is 1. The highest BCUT2D eigenvalue weighted by molar-refractivity contribution is 6.83. The van der Waals surface area contributed by atoms with Crippen molar-refractivity contribution in [2.24, 2.45) is 0 Å². The molecule has 0 radical (unpaired) electrons. The topological polar surface area (TPSA) is 28.7 Å². The molecule has 2 aromatic rings. The van der Waals surface area contributed by atoms with Crippen molar-refractivity contribution in [3.8, 4) is 22.9 Å². The van der Waals surface area contributed by atoms with Crippen LogP contribution in [0.15, 0.2) is 36.5 Å². The second-order valence-electron chi connectivity index (χ2n) is 5.01. The maximum Gasteiger partial charge on any atom is 0.138 e. The van der Waals surface area contributed by atoms with Crippen LogP contribution >= 0.6 is 0 Å². The highest BCUT2D eigenvalue weighted by Gasteiger charge is 2.08. The fourth-order valence-corrected chi connectivity index (χ4v) is 1.89. The summed E-state index contributed by atoms with van der Waals surface area (Å²) >= 11 is 0. The van der Waals surface area contributed by atoms with Gasteiger partial charge in [-0.1, -0.05) is 55.9 Å². The van der Waals surface area contributed by atoms with E-state index in [1.807, 2.05) is 30.3 Å². The number of H-pyrrole nitrogens is 1. The number of nitrogens with zero attached hydrogens (tertiary/aromatic N) is 1. The molecule has 0 bridgehead atoms. The lowest BCUT2D eigenvalue weighted by Gasteiger charge is -2.02. The minimum absolute atomic E-state index is 0.880. The molecule has 1 N–H and O–H groups in total. The van der Waals surface area contributed by atoms with Gasteiger partial charge in [-0.2, -0.15) is 0 Å². The molecule has 17 heavy (non-hydrogen) atoms. The van der Waals surface area contributed by atoms with Crippen LogP contribution in [-0.2, 0) is 0 Å². The highest BCUT2D eigenvalue weighted by Crippen LogP contribution is 2.14. The summed E-state index contributed by atoms with van der Waals surface area (Å²) in [7, 11) is -1.32. The Balaban J connectivity index is 2.25. The summed E-state index contributed by atoms with van der Waals surface area (Å²) in [6, 6.07) is 10.1. The van der Waals surface area contributed by atoms with Crippen molar-refractivity contribution in [3.05, 3.63) is 42.2 Å². The molecule has 3 heteroatoms. The standard InChI is InChI=1S/C14H16N2Si/c1-17(2,3)10-9-13-11-15-14(16-13)12-7-5-4-6-8-12/h4-8,11H,1-3H3,(H,15,16). The van der Waals surface area contributed by atoms with Crippen molar-refractivity contribution in [1.82, 2.24) is 9.97 Å². The minimum atomic E-state index is -1.32. The average Bonchev–Trinajstić information content (AvgIpc) is 2.75. The summed E-state index contributed by atoms with van der Waals surface area (Å²) in [6.07, 6.45) is 1.80. The lowest BCUT2D eigenvalue weighted by molar-refractivity contribution is 1.30. The van der Waals surface area contributed by atoms with E-state index in [4.69, 9.17) is 0 Å². The Kier molecular flexibility index (Phi) is 3.16. The average molecular weight is 240 g/mol. The third-order valence-corrected chi connectivity index (χ3v) is 3.07. The molecule has 1 heterocycles. The van der Waals surface area contributed by atoms with Gasteiger partial charge in [0, 0.05) is 5.56 Å². The quantitative estimate of drug-likeness (QED) is 0.601. The largest absolute Gasteiger partial charge is 0.332 e. The number of hydrogen-bond donors (Lipinski definition) is 1. The van der Waals surface area contributed by atoms with Gasteiger partial charge >= 0.3 is 0 Å². The molecular weight excluding hydrogens is 224 g/mol. The normalized spacial score (nSPS) is 10.8. The zero-order valence-corrected chi connectivity index (χ0v) is 11.4. The number of hydrogen-bond acceptors (Lipinski definition) is 1. The number of aromatic nitrogens is 2. The van der Waals surface area contributed by atoms with Gasteiger partial charge in [0.2, 0.25) is 0 Å². The molecule has 2 rings (SSSR count). The fraction of sp³-hybridized carbons (Fsp3) is 0.214. The van der Waals surface area contributed by atoms with Crippen LogP contribution in [0.1, 0.15) is 5.69 Å². The number of imidazole rings is 1. The second kappa shape index (κ2) is 4.60. The van der Waals surface area contributed by atoms with Crippen LogP contribution in [0.5, 0.6) is 0 Å². The summed E-state index contributed by atoms with van der Waals surface area (Å²) in [4.78, 5) is 7.58. The molecule has 0 aliphatic rings. The van der Waals surface area contributed by atoms with Crippen LogP contribution in [0.3, 0.4) is 0 Å². The highest BCUT2D eigenvalue weighted by atomic mass is 28.3. The van der Waals surface area contributed by atoms with Crippen LogP contribution in [0.2, 0.25) is 19.6 Å². The smallest absolute Gasteiger partial charge is 0.138 e. The van der Waals surface area contributed by atoms with Crippen molar-refractivity contribution < 1.29 is 0 Å². The number of aromatic amines is 1. The SMILES string of the molecule is C[Si](C)(C)C#Cc1cnc(-c2ccccc2)[nH]1. The summed E-state index contributed by atoms with van der Waals surface area (Å²) < 4.78 is 0.